The summed E-state index contributed by atoms with van der Waals surface area (Å²) in [5.74, 6) is -0.509. The fraction of sp³-hybridized carbons (Fsp3) is 0.375. The molecule has 112 valence electrons. The van der Waals surface area contributed by atoms with Crippen LogP contribution in [0.5, 0.6) is 0 Å². The molecule has 0 unspecified atom stereocenters. The summed E-state index contributed by atoms with van der Waals surface area (Å²) in [6.45, 7) is 5.91. The number of hydrazine groups is 1. The molecule has 1 aromatic carbocycles. The van der Waals surface area contributed by atoms with Gasteiger partial charge in [0.15, 0.2) is 0 Å². The Bertz CT molecular complexity index is 680. The summed E-state index contributed by atoms with van der Waals surface area (Å²) in [4.78, 5) is 23.9. The first-order valence-electron chi connectivity index (χ1n) is 6.91. The second-order valence-electron chi connectivity index (χ2n) is 6.41. The lowest BCUT2D eigenvalue weighted by molar-refractivity contribution is -0.123. The van der Waals surface area contributed by atoms with Crippen LogP contribution in [0.25, 0.3) is 10.9 Å². The second kappa shape index (κ2) is 5.60. The lowest BCUT2D eigenvalue weighted by Crippen LogP contribution is -2.42. The average Bonchev–Trinajstić information content (AvgIpc) is 2.72. The van der Waals surface area contributed by atoms with E-state index in [1.165, 1.54) is 0 Å². The van der Waals surface area contributed by atoms with Gasteiger partial charge >= 0.3 is 0 Å². The van der Waals surface area contributed by atoms with Crippen molar-refractivity contribution in [2.45, 2.75) is 27.2 Å². The van der Waals surface area contributed by atoms with Crippen LogP contribution in [0.4, 0.5) is 0 Å². The van der Waals surface area contributed by atoms with Crippen molar-refractivity contribution in [3.05, 3.63) is 36.0 Å². The van der Waals surface area contributed by atoms with E-state index in [9.17, 15) is 9.59 Å². The Morgan fingerprint density at radius 3 is 2.48 bits per heavy atom. The topological polar surface area (TPSA) is 63.1 Å². The maximum atomic E-state index is 12.2. The fourth-order valence-corrected chi connectivity index (χ4v) is 2.24. The number of nitrogens with zero attached hydrogens (tertiary/aromatic N) is 1. The van der Waals surface area contributed by atoms with Crippen LogP contribution in [-0.4, -0.2) is 16.4 Å². The zero-order valence-corrected chi connectivity index (χ0v) is 12.9. The summed E-state index contributed by atoms with van der Waals surface area (Å²) in [6, 6.07) is 7.65. The SMILES string of the molecule is Cn1cc(C(=O)NNC(=O)CC(C)(C)C)c2ccccc21. The molecule has 2 N–H and O–H groups in total. The summed E-state index contributed by atoms with van der Waals surface area (Å²) in [6.07, 6.45) is 2.11. The number of carbonyl (C=O) groups excluding carboxylic acids is 2. The van der Waals surface area contributed by atoms with Gasteiger partial charge in [0.05, 0.1) is 5.56 Å². The van der Waals surface area contributed by atoms with Crippen LogP contribution in [0.15, 0.2) is 30.5 Å². The maximum Gasteiger partial charge on any atom is 0.271 e. The first-order chi connectivity index (χ1) is 9.78. The Morgan fingerprint density at radius 2 is 1.81 bits per heavy atom. The zero-order chi connectivity index (χ0) is 15.6. The molecule has 1 aromatic heterocycles. The largest absolute Gasteiger partial charge is 0.350 e. The third kappa shape index (κ3) is 3.62. The van der Waals surface area contributed by atoms with Gasteiger partial charge in [-0.3, -0.25) is 20.4 Å². The number of rotatable bonds is 2. The number of nitrogens with one attached hydrogen (secondary N) is 2. The summed E-state index contributed by atoms with van der Waals surface area (Å²) in [5, 5.41) is 0.863. The molecule has 21 heavy (non-hydrogen) atoms. The van der Waals surface area contributed by atoms with E-state index in [1.807, 2.05) is 56.7 Å². The lowest BCUT2D eigenvalue weighted by atomic mass is 9.92. The lowest BCUT2D eigenvalue weighted by Gasteiger charge is -2.17. The second-order valence-corrected chi connectivity index (χ2v) is 6.41. The van der Waals surface area contributed by atoms with Crippen LogP contribution >= 0.6 is 0 Å². The van der Waals surface area contributed by atoms with Crippen molar-refractivity contribution in [3.8, 4) is 0 Å². The van der Waals surface area contributed by atoms with E-state index < -0.39 is 0 Å². The highest BCUT2D eigenvalue weighted by atomic mass is 16.2. The average molecular weight is 287 g/mol. The number of aryl methyl sites for hydroxylation is 1. The number of hydrogen-bond donors (Lipinski definition) is 2. The van der Waals surface area contributed by atoms with Crippen LogP contribution in [0.1, 0.15) is 37.6 Å². The van der Waals surface area contributed by atoms with E-state index in [-0.39, 0.29) is 17.2 Å². The van der Waals surface area contributed by atoms with Gasteiger partial charge in [-0.15, -0.1) is 0 Å². The molecule has 0 fully saturated rings. The first-order valence-corrected chi connectivity index (χ1v) is 6.91. The number of fused-ring (bicyclic) bond motifs is 1. The molecule has 5 heteroatoms. The summed E-state index contributed by atoms with van der Waals surface area (Å²) >= 11 is 0. The third-order valence-electron chi connectivity index (χ3n) is 3.15. The minimum absolute atomic E-state index is 0.117. The van der Waals surface area contributed by atoms with E-state index in [4.69, 9.17) is 0 Å². The zero-order valence-electron chi connectivity index (χ0n) is 12.9. The van der Waals surface area contributed by atoms with Gasteiger partial charge in [0.2, 0.25) is 5.91 Å². The number of para-hydroxylation sites is 1. The molecule has 0 aliphatic heterocycles. The summed E-state index contributed by atoms with van der Waals surface area (Å²) in [7, 11) is 1.89. The van der Waals surface area contributed by atoms with Gasteiger partial charge in [-0.1, -0.05) is 39.0 Å². The van der Waals surface area contributed by atoms with Crippen molar-refractivity contribution in [3.63, 3.8) is 0 Å². The Morgan fingerprint density at radius 1 is 1.14 bits per heavy atom. The number of carbonyl (C=O) groups is 2. The van der Waals surface area contributed by atoms with E-state index in [1.54, 1.807) is 6.20 Å². The molecule has 2 aromatic rings. The Kier molecular flexibility index (Phi) is 4.02. The van der Waals surface area contributed by atoms with Crippen molar-refractivity contribution < 1.29 is 9.59 Å². The van der Waals surface area contributed by atoms with Crippen molar-refractivity contribution in [1.82, 2.24) is 15.4 Å². The molecule has 0 aliphatic carbocycles. The molecule has 0 radical (unpaired) electrons. The molecule has 0 aliphatic rings. The van der Waals surface area contributed by atoms with Crippen molar-refractivity contribution in [1.29, 1.82) is 0 Å². The molecule has 0 saturated carbocycles. The molecule has 1 heterocycles. The molecular formula is C16H21N3O2. The Hall–Kier alpha value is -2.30. The predicted octanol–water partition coefficient (Wildman–Crippen LogP) is 2.38. The Balaban J connectivity index is 2.08. The van der Waals surface area contributed by atoms with Crippen LogP contribution in [0.3, 0.4) is 0 Å². The monoisotopic (exact) mass is 287 g/mol. The molecule has 5 nitrogen and oxygen atoms in total. The third-order valence-corrected chi connectivity index (χ3v) is 3.15. The number of amides is 2. The highest BCUT2D eigenvalue weighted by Gasteiger charge is 2.18. The van der Waals surface area contributed by atoms with Crippen LogP contribution in [0, 0.1) is 5.41 Å². The van der Waals surface area contributed by atoms with Gasteiger partial charge in [-0.05, 0) is 11.5 Å². The molecule has 2 rings (SSSR count). The van der Waals surface area contributed by atoms with Crippen LogP contribution in [0.2, 0.25) is 0 Å². The van der Waals surface area contributed by atoms with Gasteiger partial charge in [-0.2, -0.15) is 0 Å². The molecule has 2 amide bonds. The molecular weight excluding hydrogens is 266 g/mol. The Labute approximate surface area is 124 Å². The van der Waals surface area contributed by atoms with Gasteiger partial charge < -0.3 is 4.57 Å². The highest BCUT2D eigenvalue weighted by Crippen LogP contribution is 2.20. The van der Waals surface area contributed by atoms with Crippen molar-refractivity contribution >= 4 is 22.7 Å². The number of benzene rings is 1. The molecule has 0 spiro atoms. The van der Waals surface area contributed by atoms with E-state index in [0.29, 0.717) is 12.0 Å². The van der Waals surface area contributed by atoms with E-state index >= 15 is 0 Å². The minimum atomic E-state index is -0.311. The smallest absolute Gasteiger partial charge is 0.271 e. The van der Waals surface area contributed by atoms with Crippen LogP contribution in [-0.2, 0) is 11.8 Å². The van der Waals surface area contributed by atoms with Crippen molar-refractivity contribution in [2.24, 2.45) is 12.5 Å². The van der Waals surface area contributed by atoms with Gasteiger partial charge in [0, 0.05) is 30.6 Å². The van der Waals surface area contributed by atoms with Gasteiger partial charge in [0.25, 0.3) is 5.91 Å². The molecule has 0 saturated heterocycles. The minimum Gasteiger partial charge on any atom is -0.350 e. The van der Waals surface area contributed by atoms with E-state index in [2.05, 4.69) is 10.9 Å². The van der Waals surface area contributed by atoms with Gasteiger partial charge in [0.1, 0.15) is 0 Å². The summed E-state index contributed by atoms with van der Waals surface area (Å²) in [5.41, 5.74) is 6.34. The van der Waals surface area contributed by atoms with Crippen LogP contribution < -0.4 is 10.9 Å². The van der Waals surface area contributed by atoms with Gasteiger partial charge in [-0.25, -0.2) is 0 Å². The molecule has 0 atom stereocenters. The highest BCUT2D eigenvalue weighted by molar-refractivity contribution is 6.07. The fourth-order valence-electron chi connectivity index (χ4n) is 2.24. The normalized spacial score (nSPS) is 11.4. The first kappa shape index (κ1) is 15.1. The standard InChI is InChI=1S/C16H21N3O2/c1-16(2,3)9-14(20)17-18-15(21)12-10-19(4)13-8-6-5-7-11(12)13/h5-8,10H,9H2,1-4H3,(H,17,20)(H,18,21). The number of aromatic nitrogens is 1. The maximum absolute atomic E-state index is 12.2. The van der Waals surface area contributed by atoms with E-state index in [0.717, 1.165) is 10.9 Å². The predicted molar refractivity (Wildman–Crippen MR) is 82.6 cm³/mol. The number of hydrogen-bond acceptors (Lipinski definition) is 2. The molecule has 0 bridgehead atoms. The summed E-state index contributed by atoms with van der Waals surface area (Å²) < 4.78 is 1.89. The quantitative estimate of drug-likeness (QED) is 0.833. The van der Waals surface area contributed by atoms with Crippen molar-refractivity contribution in [2.75, 3.05) is 0 Å².